The summed E-state index contributed by atoms with van der Waals surface area (Å²) in [4.78, 5) is 24.7. The van der Waals surface area contributed by atoms with E-state index in [1.807, 2.05) is 0 Å². The van der Waals surface area contributed by atoms with Crippen molar-refractivity contribution < 1.29 is 28.2 Å². The monoisotopic (exact) mass is 344 g/mol. The lowest BCUT2D eigenvalue weighted by Crippen LogP contribution is -2.60. The van der Waals surface area contributed by atoms with Crippen LogP contribution in [0.4, 0.5) is 19.4 Å². The van der Waals surface area contributed by atoms with E-state index in [1.54, 1.807) is 6.07 Å². The van der Waals surface area contributed by atoms with Crippen molar-refractivity contribution in [1.29, 1.82) is 0 Å². The van der Waals surface area contributed by atoms with Crippen molar-refractivity contribution in [2.75, 3.05) is 25.0 Å². The van der Waals surface area contributed by atoms with Crippen molar-refractivity contribution in [3.8, 4) is 0 Å². The SMILES string of the molecule is CCOC(=O)C(F)(F)C1(O)CCN(C(=O)Nc2cccnn2)CC1. The fourth-order valence-electron chi connectivity index (χ4n) is 2.36. The molecular weight excluding hydrogens is 326 g/mol. The van der Waals surface area contributed by atoms with Crippen LogP contribution in [-0.4, -0.2) is 63.4 Å². The van der Waals surface area contributed by atoms with Crippen LogP contribution in [0.5, 0.6) is 0 Å². The summed E-state index contributed by atoms with van der Waals surface area (Å²) in [6.45, 7) is 0.907. The van der Waals surface area contributed by atoms with Crippen molar-refractivity contribution in [2.24, 2.45) is 0 Å². The fraction of sp³-hybridized carbons (Fsp3) is 0.571. The van der Waals surface area contributed by atoms with Gasteiger partial charge in [-0.1, -0.05) is 0 Å². The zero-order chi connectivity index (χ0) is 17.8. The molecule has 2 N–H and O–H groups in total. The molecule has 0 unspecified atom stereocenters. The molecule has 10 heteroatoms. The van der Waals surface area contributed by atoms with Crippen molar-refractivity contribution in [1.82, 2.24) is 15.1 Å². The second-order valence-corrected chi connectivity index (χ2v) is 5.35. The number of urea groups is 1. The Hall–Kier alpha value is -2.36. The number of anilines is 1. The van der Waals surface area contributed by atoms with Gasteiger partial charge in [0.25, 0.3) is 0 Å². The lowest BCUT2D eigenvalue weighted by Gasteiger charge is -2.40. The number of esters is 1. The number of halogens is 2. The van der Waals surface area contributed by atoms with Crippen LogP contribution in [0.25, 0.3) is 0 Å². The van der Waals surface area contributed by atoms with E-state index in [4.69, 9.17) is 0 Å². The highest BCUT2D eigenvalue weighted by atomic mass is 19.3. The molecule has 0 aromatic carbocycles. The minimum atomic E-state index is -4.03. The Kier molecular flexibility index (Phi) is 5.27. The van der Waals surface area contributed by atoms with Gasteiger partial charge in [0.15, 0.2) is 5.82 Å². The Morgan fingerprint density at radius 1 is 1.46 bits per heavy atom. The number of piperidine rings is 1. The second-order valence-electron chi connectivity index (χ2n) is 5.35. The maximum absolute atomic E-state index is 14.1. The summed E-state index contributed by atoms with van der Waals surface area (Å²) >= 11 is 0. The first-order valence-electron chi connectivity index (χ1n) is 7.41. The quantitative estimate of drug-likeness (QED) is 0.791. The lowest BCUT2D eigenvalue weighted by atomic mass is 9.85. The van der Waals surface area contributed by atoms with Crippen LogP contribution >= 0.6 is 0 Å². The summed E-state index contributed by atoms with van der Waals surface area (Å²) in [6, 6.07) is 2.56. The Morgan fingerprint density at radius 3 is 2.67 bits per heavy atom. The molecule has 1 aromatic rings. The largest absolute Gasteiger partial charge is 0.461 e. The summed E-state index contributed by atoms with van der Waals surface area (Å²) in [5.41, 5.74) is -2.54. The predicted octanol–water partition coefficient (Wildman–Crippen LogP) is 1.03. The van der Waals surface area contributed by atoms with E-state index in [9.17, 15) is 23.5 Å². The number of alkyl halides is 2. The van der Waals surface area contributed by atoms with Gasteiger partial charge in [0, 0.05) is 32.1 Å². The molecule has 1 aliphatic rings. The van der Waals surface area contributed by atoms with Crippen molar-refractivity contribution in [3.05, 3.63) is 18.3 Å². The van der Waals surface area contributed by atoms with Crippen LogP contribution in [0.15, 0.2) is 18.3 Å². The average molecular weight is 344 g/mol. The van der Waals surface area contributed by atoms with Gasteiger partial charge >= 0.3 is 17.9 Å². The normalized spacial score (nSPS) is 17.2. The van der Waals surface area contributed by atoms with Gasteiger partial charge in [-0.15, -0.1) is 5.10 Å². The molecule has 0 spiro atoms. The van der Waals surface area contributed by atoms with E-state index in [1.165, 1.54) is 24.1 Å². The van der Waals surface area contributed by atoms with Gasteiger partial charge in [0.1, 0.15) is 5.60 Å². The minimum Gasteiger partial charge on any atom is -0.461 e. The number of hydrogen-bond donors (Lipinski definition) is 2. The molecule has 132 valence electrons. The molecule has 8 nitrogen and oxygen atoms in total. The third-order valence-electron chi connectivity index (χ3n) is 3.80. The summed E-state index contributed by atoms with van der Waals surface area (Å²) in [7, 11) is 0. The molecule has 0 saturated carbocycles. The Morgan fingerprint density at radius 2 is 2.12 bits per heavy atom. The smallest absolute Gasteiger partial charge is 0.380 e. The van der Waals surface area contributed by atoms with Crippen molar-refractivity contribution in [3.63, 3.8) is 0 Å². The molecule has 1 aromatic heterocycles. The first kappa shape index (κ1) is 18.0. The van der Waals surface area contributed by atoms with Gasteiger partial charge in [0.2, 0.25) is 0 Å². The van der Waals surface area contributed by atoms with E-state index >= 15 is 0 Å². The standard InChI is InChI=1S/C14H18F2N4O4/c1-2-24-11(21)14(15,16)13(23)5-8-20(9-6-13)12(22)18-10-4-3-7-17-19-10/h3-4,7,23H,2,5-6,8-9H2,1H3,(H,18,19,22). The maximum atomic E-state index is 14.1. The number of nitrogens with one attached hydrogen (secondary N) is 1. The Balaban J connectivity index is 1.97. The molecule has 0 atom stereocenters. The first-order chi connectivity index (χ1) is 11.3. The molecule has 0 aliphatic carbocycles. The third kappa shape index (κ3) is 3.58. The molecule has 1 fully saturated rings. The van der Waals surface area contributed by atoms with Gasteiger partial charge in [-0.2, -0.15) is 13.9 Å². The zero-order valence-electron chi connectivity index (χ0n) is 13.0. The van der Waals surface area contributed by atoms with Gasteiger partial charge < -0.3 is 14.7 Å². The molecule has 0 bridgehead atoms. The second kappa shape index (κ2) is 7.04. The molecule has 0 radical (unpaired) electrons. The van der Waals surface area contributed by atoms with E-state index in [-0.39, 0.29) is 25.5 Å². The Bertz CT molecular complexity index is 592. The predicted molar refractivity (Wildman–Crippen MR) is 78.4 cm³/mol. The van der Waals surface area contributed by atoms with Gasteiger partial charge in [0.05, 0.1) is 6.61 Å². The van der Waals surface area contributed by atoms with Gasteiger partial charge in [-0.3, -0.25) is 5.32 Å². The molecule has 24 heavy (non-hydrogen) atoms. The molecule has 1 saturated heterocycles. The molecule has 2 rings (SSSR count). The van der Waals surface area contributed by atoms with E-state index in [0.29, 0.717) is 0 Å². The first-order valence-corrected chi connectivity index (χ1v) is 7.41. The number of carbonyl (C=O) groups excluding carboxylic acids is 2. The number of likely N-dealkylation sites (tertiary alicyclic amines) is 1. The number of aromatic nitrogens is 2. The van der Waals surface area contributed by atoms with Crippen LogP contribution in [-0.2, 0) is 9.53 Å². The Labute approximate surface area is 136 Å². The van der Waals surface area contributed by atoms with E-state index < -0.39 is 36.4 Å². The summed E-state index contributed by atoms with van der Waals surface area (Å²) in [5.74, 6) is -5.57. The summed E-state index contributed by atoms with van der Waals surface area (Å²) < 4.78 is 32.5. The molecule has 2 amide bonds. The number of amides is 2. The van der Waals surface area contributed by atoms with E-state index in [0.717, 1.165) is 0 Å². The number of hydrogen-bond acceptors (Lipinski definition) is 6. The van der Waals surface area contributed by atoms with Crippen LogP contribution in [0, 0.1) is 0 Å². The highest BCUT2D eigenvalue weighted by Crippen LogP contribution is 2.38. The minimum absolute atomic E-state index is 0.141. The number of carbonyl (C=O) groups is 2. The molecular formula is C14H18F2N4O4. The van der Waals surface area contributed by atoms with Crippen LogP contribution in [0.2, 0.25) is 0 Å². The summed E-state index contributed by atoms with van der Waals surface area (Å²) in [5, 5.41) is 19.9. The number of ether oxygens (including phenoxy) is 1. The molecule has 2 heterocycles. The topological polar surface area (TPSA) is 105 Å². The fourth-order valence-corrected chi connectivity index (χ4v) is 2.36. The van der Waals surface area contributed by atoms with Crippen molar-refractivity contribution in [2.45, 2.75) is 31.3 Å². The van der Waals surface area contributed by atoms with Crippen LogP contribution in [0.1, 0.15) is 19.8 Å². The van der Waals surface area contributed by atoms with Gasteiger partial charge in [-0.25, -0.2) is 9.59 Å². The molecule has 1 aliphatic heterocycles. The zero-order valence-corrected chi connectivity index (χ0v) is 13.0. The number of rotatable bonds is 4. The lowest BCUT2D eigenvalue weighted by molar-refractivity contribution is -0.221. The third-order valence-corrected chi connectivity index (χ3v) is 3.80. The van der Waals surface area contributed by atoms with Crippen LogP contribution in [0.3, 0.4) is 0 Å². The summed E-state index contributed by atoms with van der Waals surface area (Å²) in [6.07, 6.45) is 0.535. The van der Waals surface area contributed by atoms with Crippen LogP contribution < -0.4 is 5.32 Å². The van der Waals surface area contributed by atoms with Gasteiger partial charge in [-0.05, 0) is 19.1 Å². The number of aliphatic hydroxyl groups is 1. The van der Waals surface area contributed by atoms with E-state index in [2.05, 4.69) is 20.3 Å². The highest BCUT2D eigenvalue weighted by molar-refractivity contribution is 5.88. The number of nitrogens with zero attached hydrogens (tertiary/aromatic N) is 3. The maximum Gasteiger partial charge on any atom is 0.380 e. The van der Waals surface area contributed by atoms with Crippen molar-refractivity contribution >= 4 is 17.8 Å². The average Bonchev–Trinajstić information content (AvgIpc) is 2.56. The highest BCUT2D eigenvalue weighted by Gasteiger charge is 2.60.